The SMILES string of the molecule is [2H]c1c([2H])c([2H])c(-c2nc(-c3ccc(-c4nc5ccccc5n4-c4ccccc4)cc3)nc(-c3ccc(-c4nc5ccccc5n4-c4ccccc4)cc3)n2)c([2H])c1[2H]. The van der Waals surface area contributed by atoms with E-state index in [1.54, 1.807) is 0 Å². The number of para-hydroxylation sites is 6. The fourth-order valence-corrected chi connectivity index (χ4v) is 6.76. The lowest BCUT2D eigenvalue weighted by atomic mass is 10.1. The predicted molar refractivity (Wildman–Crippen MR) is 216 cm³/mol. The molecule has 0 aliphatic rings. The van der Waals surface area contributed by atoms with E-state index in [0.717, 1.165) is 56.2 Å². The first-order valence-electron chi connectivity index (χ1n) is 19.9. The van der Waals surface area contributed by atoms with Crippen LogP contribution in [0.15, 0.2) is 188 Å². The molecule has 7 aromatic carbocycles. The van der Waals surface area contributed by atoms with E-state index in [-0.39, 0.29) is 23.0 Å². The average Bonchev–Trinajstić information content (AvgIpc) is 3.88. The maximum absolute atomic E-state index is 8.75. The van der Waals surface area contributed by atoms with Gasteiger partial charge in [0.1, 0.15) is 11.6 Å². The normalized spacial score (nSPS) is 12.6. The van der Waals surface area contributed by atoms with E-state index in [2.05, 4.69) is 9.13 Å². The lowest BCUT2D eigenvalue weighted by molar-refractivity contribution is 1.07. The van der Waals surface area contributed by atoms with Gasteiger partial charge in [-0.25, -0.2) is 24.9 Å². The van der Waals surface area contributed by atoms with E-state index >= 15 is 0 Å². The maximum atomic E-state index is 8.75. The third kappa shape index (κ3) is 5.61. The Morgan fingerprint density at radius 3 is 1.15 bits per heavy atom. The van der Waals surface area contributed by atoms with E-state index in [1.165, 1.54) is 0 Å². The molecule has 3 heterocycles. The molecule has 3 aromatic heterocycles. The number of hydrogen-bond acceptors (Lipinski definition) is 5. The van der Waals surface area contributed by atoms with Crippen LogP contribution < -0.4 is 0 Å². The molecule has 10 aromatic rings. The monoisotopic (exact) mass is 698 g/mol. The Balaban J connectivity index is 1.10. The molecule has 0 atom stereocenters. The third-order valence-corrected chi connectivity index (χ3v) is 9.31. The van der Waals surface area contributed by atoms with Crippen LogP contribution in [0.2, 0.25) is 0 Å². The van der Waals surface area contributed by atoms with Crippen molar-refractivity contribution in [2.75, 3.05) is 0 Å². The highest BCUT2D eigenvalue weighted by Gasteiger charge is 2.18. The molecule has 0 spiro atoms. The highest BCUT2D eigenvalue weighted by Crippen LogP contribution is 2.33. The summed E-state index contributed by atoms with van der Waals surface area (Å²) in [7, 11) is 0. The molecule has 7 heteroatoms. The Morgan fingerprint density at radius 1 is 0.333 bits per heavy atom. The second kappa shape index (κ2) is 13.2. The molecule has 0 N–H and O–H groups in total. The average molecular weight is 699 g/mol. The topological polar surface area (TPSA) is 74.3 Å². The van der Waals surface area contributed by atoms with Gasteiger partial charge in [0, 0.05) is 39.2 Å². The molecule has 0 unspecified atom stereocenters. The van der Waals surface area contributed by atoms with Gasteiger partial charge in [0.15, 0.2) is 17.5 Å². The summed E-state index contributed by atoms with van der Waals surface area (Å²) in [6.07, 6.45) is 0. The summed E-state index contributed by atoms with van der Waals surface area (Å²) in [5.74, 6) is 2.04. The first-order valence-corrected chi connectivity index (χ1v) is 17.4. The zero-order valence-corrected chi connectivity index (χ0v) is 28.6. The number of imidazole rings is 2. The van der Waals surface area contributed by atoms with Gasteiger partial charge < -0.3 is 0 Å². The van der Waals surface area contributed by atoms with Gasteiger partial charge in [0.05, 0.1) is 28.9 Å². The Morgan fingerprint density at radius 2 is 0.704 bits per heavy atom. The molecule has 7 nitrogen and oxygen atoms in total. The van der Waals surface area contributed by atoms with Crippen molar-refractivity contribution in [3.8, 4) is 68.3 Å². The fraction of sp³-hybridized carbons (Fsp3) is 0. The van der Waals surface area contributed by atoms with Gasteiger partial charge in [-0.2, -0.15) is 0 Å². The van der Waals surface area contributed by atoms with Crippen LogP contribution in [0.4, 0.5) is 0 Å². The molecule has 0 bridgehead atoms. The second-order valence-electron chi connectivity index (χ2n) is 12.7. The first kappa shape index (κ1) is 26.3. The van der Waals surface area contributed by atoms with Crippen molar-refractivity contribution < 1.29 is 6.85 Å². The summed E-state index contributed by atoms with van der Waals surface area (Å²) < 4.78 is 46.7. The highest BCUT2D eigenvalue weighted by atomic mass is 15.1. The molecule has 0 aliphatic carbocycles. The minimum Gasteiger partial charge on any atom is -0.292 e. The van der Waals surface area contributed by atoms with E-state index < -0.39 is 30.2 Å². The molecule has 0 aliphatic heterocycles. The van der Waals surface area contributed by atoms with Crippen molar-refractivity contribution in [3.63, 3.8) is 0 Å². The quantitative estimate of drug-likeness (QED) is 0.166. The molecule has 254 valence electrons. The second-order valence-corrected chi connectivity index (χ2v) is 12.7. The van der Waals surface area contributed by atoms with Gasteiger partial charge in [0.25, 0.3) is 0 Å². The standard InChI is InChI=1S/C47H31N7/c1-4-14-32(15-5-1)43-50-44(33-24-28-35(29-25-33)46-48-39-20-10-12-22-41(39)53(46)37-16-6-2-7-17-37)52-45(51-43)34-26-30-36(31-27-34)47-49-40-21-11-13-23-42(40)54(47)38-18-8-3-9-19-38/h1-31H/i1D,4D,5D,14D,15D. The van der Waals surface area contributed by atoms with Crippen LogP contribution in [0.5, 0.6) is 0 Å². The summed E-state index contributed by atoms with van der Waals surface area (Å²) in [6.45, 7) is 0. The van der Waals surface area contributed by atoms with Crippen molar-refractivity contribution in [1.82, 2.24) is 34.1 Å². The molecule has 0 fully saturated rings. The fourth-order valence-electron chi connectivity index (χ4n) is 6.76. The van der Waals surface area contributed by atoms with Crippen molar-refractivity contribution in [1.29, 1.82) is 0 Å². The van der Waals surface area contributed by atoms with Crippen LogP contribution in [0.25, 0.3) is 90.4 Å². The summed E-state index contributed by atoms with van der Waals surface area (Å²) in [5.41, 5.74) is 8.55. The molecular formula is C47H31N7. The van der Waals surface area contributed by atoms with E-state index in [4.69, 9.17) is 31.8 Å². The van der Waals surface area contributed by atoms with Gasteiger partial charge in [-0.3, -0.25) is 9.13 Å². The van der Waals surface area contributed by atoms with E-state index in [0.29, 0.717) is 11.1 Å². The summed E-state index contributed by atoms with van der Waals surface area (Å²) >= 11 is 0. The number of fused-ring (bicyclic) bond motifs is 2. The Labute approximate surface area is 318 Å². The lowest BCUT2D eigenvalue weighted by Crippen LogP contribution is -2.01. The van der Waals surface area contributed by atoms with E-state index in [1.807, 2.05) is 158 Å². The molecule has 10 rings (SSSR count). The van der Waals surface area contributed by atoms with E-state index in [9.17, 15) is 0 Å². The molecule has 0 saturated carbocycles. The molecule has 0 radical (unpaired) electrons. The molecule has 0 saturated heterocycles. The molecule has 0 amide bonds. The first-order chi connectivity index (χ1) is 28.8. The highest BCUT2D eigenvalue weighted by molar-refractivity contribution is 5.85. The number of hydrogen-bond donors (Lipinski definition) is 0. The van der Waals surface area contributed by atoms with Crippen molar-refractivity contribution in [3.05, 3.63) is 188 Å². The van der Waals surface area contributed by atoms with Crippen molar-refractivity contribution >= 4 is 22.1 Å². The Kier molecular flexibility index (Phi) is 6.44. The van der Waals surface area contributed by atoms with Crippen molar-refractivity contribution in [2.45, 2.75) is 0 Å². The van der Waals surface area contributed by atoms with Gasteiger partial charge in [-0.15, -0.1) is 0 Å². The van der Waals surface area contributed by atoms with Crippen LogP contribution in [-0.4, -0.2) is 34.1 Å². The van der Waals surface area contributed by atoms with Gasteiger partial charge >= 0.3 is 0 Å². The van der Waals surface area contributed by atoms with Crippen LogP contribution in [0.3, 0.4) is 0 Å². The van der Waals surface area contributed by atoms with Gasteiger partial charge in [-0.1, -0.05) is 139 Å². The summed E-state index contributed by atoms with van der Waals surface area (Å²) in [6, 6.07) is 49.3. The Hall–Kier alpha value is -7.51. The number of rotatable bonds is 7. The van der Waals surface area contributed by atoms with Gasteiger partial charge in [0.2, 0.25) is 0 Å². The van der Waals surface area contributed by atoms with Crippen LogP contribution in [-0.2, 0) is 0 Å². The number of nitrogens with zero attached hydrogens (tertiary/aromatic N) is 7. The molecule has 54 heavy (non-hydrogen) atoms. The minimum absolute atomic E-state index is 0.0353. The third-order valence-electron chi connectivity index (χ3n) is 9.31. The zero-order valence-electron chi connectivity index (χ0n) is 33.6. The van der Waals surface area contributed by atoms with Crippen LogP contribution in [0.1, 0.15) is 6.85 Å². The van der Waals surface area contributed by atoms with Crippen molar-refractivity contribution in [2.24, 2.45) is 0 Å². The minimum atomic E-state index is -0.493. The summed E-state index contributed by atoms with van der Waals surface area (Å²) in [4.78, 5) is 24.4. The van der Waals surface area contributed by atoms with Crippen LogP contribution >= 0.6 is 0 Å². The summed E-state index contributed by atoms with van der Waals surface area (Å²) in [5, 5.41) is 0. The number of benzene rings is 7. The predicted octanol–water partition coefficient (Wildman–Crippen LogP) is 10.9. The largest absolute Gasteiger partial charge is 0.292 e. The van der Waals surface area contributed by atoms with Crippen LogP contribution in [0, 0.1) is 0 Å². The Bertz CT molecular complexity index is 2990. The zero-order chi connectivity index (χ0) is 40.2. The smallest absolute Gasteiger partial charge is 0.164 e. The maximum Gasteiger partial charge on any atom is 0.164 e. The molecular weight excluding hydrogens is 663 g/mol. The lowest BCUT2D eigenvalue weighted by Gasteiger charge is -2.11. The number of aromatic nitrogens is 7. The van der Waals surface area contributed by atoms with Gasteiger partial charge in [-0.05, 0) is 48.5 Å².